The fraction of sp³-hybridized carbons (Fsp3) is 0.276. The summed E-state index contributed by atoms with van der Waals surface area (Å²) in [6.07, 6.45) is 0. The minimum atomic E-state index is -0.741. The summed E-state index contributed by atoms with van der Waals surface area (Å²) in [5, 5.41) is 24.7. The predicted octanol–water partition coefficient (Wildman–Crippen LogP) is 17.4. The molecule has 462 valence electrons. The normalized spacial score (nSPS) is 10.6. The van der Waals surface area contributed by atoms with Crippen LogP contribution >= 0.6 is 93.5 Å². The minimum absolute atomic E-state index is 0. The number of nitrogens with one attached hydrogen (secondary N) is 3. The molecule has 0 saturated carbocycles. The lowest BCUT2D eigenvalue weighted by Gasteiger charge is -2.11. The quantitative estimate of drug-likeness (QED) is 0.0334. The number of aryl methyl sites for hydroxylation is 4. The Kier molecular flexibility index (Phi) is 30.9. The maximum absolute atomic E-state index is 13.8. The van der Waals surface area contributed by atoms with Crippen molar-refractivity contribution < 1.29 is 41.0 Å². The molecule has 6 aromatic heterocycles. The number of hydrogen-bond acceptors (Lipinski definition) is 14. The molecular formula is C58H64Br3ClF6N12O3S3. The smallest absolute Gasteiger partial charge is 0.305 e. The first-order valence-corrected chi connectivity index (χ1v) is 31.1. The number of pyridine rings is 4. The molecule has 0 unspecified atom stereocenters. The Morgan fingerprint density at radius 3 is 1.30 bits per heavy atom. The van der Waals surface area contributed by atoms with E-state index in [1.165, 1.54) is 36.0 Å². The van der Waals surface area contributed by atoms with Crippen molar-refractivity contribution in [2.45, 2.75) is 115 Å². The standard InChI is InChI=1S/C16H15F2N3S.C12H6F4S2.C10H14BrN3O.C10H12BrN3.C6H8BrN3.C4H8O2.ClH/c1-9(2)16-20-19-15-7-6-13(10(3)21(15)16)22-14-5-4-11(17)8-12(14)18;13-7-1-3-11(9(15)5-7)17-18-12-4-2-8(14)6-10(12)16;1-6(2)10(15)14-13-9-5-4-8(11)7(3)12-9;1-6(2)10-13-12-9-5-4-8(11)7(3)14(9)10;1-4-5(7)2-3-6(9-4)10-8;1-3(2)4(5)6;/h4-9H,1-3H3;1-6H;4-6H,1-3H3,(H,12,13)(H,14,15);4-6H,1-3H3;2-3H,8H2,1H3,(H,9,10);3H,1-2H3,(H,5,6);1H. The molecule has 28 heteroatoms. The van der Waals surface area contributed by atoms with E-state index in [2.05, 4.69) is 133 Å². The van der Waals surface area contributed by atoms with Gasteiger partial charge in [0.05, 0.1) is 27.1 Å². The molecule has 0 atom stereocenters. The summed E-state index contributed by atoms with van der Waals surface area (Å²) in [7, 11) is 1.88. The molecule has 0 bridgehead atoms. The van der Waals surface area contributed by atoms with Crippen molar-refractivity contribution in [1.82, 2.24) is 44.6 Å². The predicted molar refractivity (Wildman–Crippen MR) is 344 cm³/mol. The van der Waals surface area contributed by atoms with Gasteiger partial charge in [0.1, 0.15) is 58.2 Å². The molecule has 0 fully saturated rings. The van der Waals surface area contributed by atoms with Gasteiger partial charge < -0.3 is 10.5 Å². The maximum Gasteiger partial charge on any atom is 0.305 e. The van der Waals surface area contributed by atoms with Gasteiger partial charge in [-0.2, -0.15) is 0 Å². The van der Waals surface area contributed by atoms with E-state index in [4.69, 9.17) is 10.9 Å². The molecule has 0 aliphatic rings. The van der Waals surface area contributed by atoms with E-state index in [9.17, 15) is 35.9 Å². The zero-order valence-electron chi connectivity index (χ0n) is 48.6. The van der Waals surface area contributed by atoms with E-state index in [-0.39, 0.29) is 45.9 Å². The molecule has 86 heavy (non-hydrogen) atoms. The summed E-state index contributed by atoms with van der Waals surface area (Å²) in [6, 6.07) is 25.0. The van der Waals surface area contributed by atoms with Crippen LogP contribution in [0, 0.1) is 74.4 Å². The number of halogens is 10. The van der Waals surface area contributed by atoms with Crippen LogP contribution < -0.4 is 22.1 Å². The first kappa shape index (κ1) is 74.3. The van der Waals surface area contributed by atoms with E-state index >= 15 is 0 Å². The van der Waals surface area contributed by atoms with E-state index in [0.717, 1.165) is 116 Å². The number of carbonyl (C=O) groups excluding carboxylic acids is 1. The van der Waals surface area contributed by atoms with Gasteiger partial charge in [-0.1, -0.05) is 67.2 Å². The van der Waals surface area contributed by atoms with Crippen molar-refractivity contribution in [2.75, 3.05) is 10.9 Å². The van der Waals surface area contributed by atoms with Gasteiger partial charge in [0, 0.05) is 70.5 Å². The summed E-state index contributed by atoms with van der Waals surface area (Å²) >= 11 is 11.5. The Labute approximate surface area is 538 Å². The number of hydrogen-bond donors (Lipinski definition) is 5. The number of fused-ring (bicyclic) bond motifs is 2. The third kappa shape index (κ3) is 22.6. The zero-order chi connectivity index (χ0) is 63.4. The van der Waals surface area contributed by atoms with Gasteiger partial charge >= 0.3 is 5.97 Å². The van der Waals surface area contributed by atoms with Gasteiger partial charge in [-0.25, -0.2) is 42.2 Å². The number of aliphatic carboxylic acids is 1. The first-order chi connectivity index (χ1) is 40.0. The average molecular weight is 1460 g/mol. The minimum Gasteiger partial charge on any atom is -0.481 e. The summed E-state index contributed by atoms with van der Waals surface area (Å²) < 4.78 is 85.8. The highest BCUT2D eigenvalue weighted by atomic mass is 79.9. The fourth-order valence-corrected chi connectivity index (χ4v) is 10.2. The number of rotatable bonds is 12. The molecule has 6 heterocycles. The molecule has 0 saturated heterocycles. The number of hydrazine groups is 2. The molecule has 0 aliphatic carbocycles. The third-order valence-corrected chi connectivity index (χ3v) is 17.4. The van der Waals surface area contributed by atoms with E-state index in [1.54, 1.807) is 26.0 Å². The van der Waals surface area contributed by atoms with Crippen LogP contribution in [-0.2, 0) is 9.59 Å². The Morgan fingerprint density at radius 2 is 0.907 bits per heavy atom. The average Bonchev–Trinajstić information content (AvgIpc) is 1.85. The van der Waals surface area contributed by atoms with Crippen LogP contribution in [0.5, 0.6) is 0 Å². The highest BCUT2D eigenvalue weighted by molar-refractivity contribution is 9.11. The molecule has 3 aromatic carbocycles. The van der Waals surface area contributed by atoms with E-state index in [1.807, 2.05) is 75.4 Å². The summed E-state index contributed by atoms with van der Waals surface area (Å²) in [4.78, 5) is 30.9. The highest BCUT2D eigenvalue weighted by Gasteiger charge is 2.17. The second kappa shape index (κ2) is 35.8. The van der Waals surface area contributed by atoms with Crippen LogP contribution in [0.3, 0.4) is 0 Å². The highest BCUT2D eigenvalue weighted by Crippen LogP contribution is 2.40. The fourth-order valence-electron chi connectivity index (χ4n) is 6.49. The Hall–Kier alpha value is -5.94. The summed E-state index contributed by atoms with van der Waals surface area (Å²) in [5.74, 6) is 3.98. The third-order valence-electron chi connectivity index (χ3n) is 11.2. The van der Waals surface area contributed by atoms with Gasteiger partial charge in [0.2, 0.25) is 5.91 Å². The van der Waals surface area contributed by atoms with Crippen LogP contribution in [0.2, 0.25) is 0 Å². The Morgan fingerprint density at radius 1 is 0.523 bits per heavy atom. The lowest BCUT2D eigenvalue weighted by atomic mass is 10.2. The van der Waals surface area contributed by atoms with Crippen LogP contribution in [0.1, 0.15) is 102 Å². The van der Waals surface area contributed by atoms with Crippen molar-refractivity contribution in [2.24, 2.45) is 17.7 Å². The number of benzene rings is 3. The largest absolute Gasteiger partial charge is 0.481 e. The van der Waals surface area contributed by atoms with Gasteiger partial charge in [-0.15, -0.1) is 32.8 Å². The van der Waals surface area contributed by atoms with Gasteiger partial charge in [0.15, 0.2) is 11.3 Å². The van der Waals surface area contributed by atoms with Crippen molar-refractivity contribution >= 4 is 128 Å². The number of anilines is 2. The number of nitrogens with zero attached hydrogens (tertiary/aromatic N) is 8. The topological polar surface area (TPSA) is 203 Å². The molecule has 15 nitrogen and oxygen atoms in total. The lowest BCUT2D eigenvalue weighted by molar-refractivity contribution is -0.140. The van der Waals surface area contributed by atoms with Crippen LogP contribution in [-0.4, -0.2) is 56.1 Å². The van der Waals surface area contributed by atoms with Crippen LogP contribution in [0.15, 0.2) is 136 Å². The molecule has 6 N–H and O–H groups in total. The number of nitrogen functional groups attached to an aromatic ring is 1. The zero-order valence-corrected chi connectivity index (χ0v) is 56.6. The maximum atomic E-state index is 13.8. The number of amides is 1. The van der Waals surface area contributed by atoms with Crippen molar-refractivity contribution in [3.63, 3.8) is 0 Å². The number of aromatic nitrogens is 8. The first-order valence-electron chi connectivity index (χ1n) is 25.8. The number of carboxylic acids is 1. The van der Waals surface area contributed by atoms with Crippen LogP contribution in [0.4, 0.5) is 38.0 Å². The second-order valence-electron chi connectivity index (χ2n) is 19.3. The molecule has 9 aromatic rings. The van der Waals surface area contributed by atoms with E-state index < -0.39 is 40.9 Å². The van der Waals surface area contributed by atoms with E-state index in [0.29, 0.717) is 22.4 Å². The van der Waals surface area contributed by atoms with Crippen molar-refractivity contribution in [3.05, 3.63) is 186 Å². The second-order valence-corrected chi connectivity index (χ2v) is 25.1. The molecule has 9 rings (SSSR count). The van der Waals surface area contributed by atoms with Crippen LogP contribution in [0.25, 0.3) is 11.3 Å². The van der Waals surface area contributed by atoms with Gasteiger partial charge in [-0.05, 0) is 182 Å². The van der Waals surface area contributed by atoms with Crippen molar-refractivity contribution in [1.29, 1.82) is 0 Å². The molecule has 0 aliphatic heterocycles. The number of nitrogens with two attached hydrogens (primary N) is 1. The molecule has 0 radical (unpaired) electrons. The summed E-state index contributed by atoms with van der Waals surface area (Å²) in [6.45, 7) is 23.1. The number of carbonyl (C=O) groups is 2. The number of carboxylic acid groups (broad SMARTS) is 1. The summed E-state index contributed by atoms with van der Waals surface area (Å²) in [5.41, 5.74) is 13.4. The Balaban J connectivity index is 0.000000279. The molecular weight excluding hydrogens is 1400 g/mol. The SMILES string of the molecule is CC(C)C(=O)O.Cc1c(Br)ccc2nnc(C(C)C)n12.Cc1c(Sc2ccc(F)cc2F)ccc2nnc(C(C)C)n12.Cc1nc(NN)ccc1Br.Cc1nc(NNC(=O)C(C)C)ccc1Br.Cl.Fc1ccc(SSc2ccc(F)cc2F)c(F)c1. The lowest BCUT2D eigenvalue weighted by Crippen LogP contribution is -2.33. The molecule has 0 spiro atoms. The Bertz CT molecular complexity index is 3670. The monoisotopic (exact) mass is 1460 g/mol. The van der Waals surface area contributed by atoms with Crippen molar-refractivity contribution in [3.8, 4) is 0 Å². The van der Waals surface area contributed by atoms with Gasteiger partial charge in [0.25, 0.3) is 0 Å². The van der Waals surface area contributed by atoms with Gasteiger partial charge in [-0.3, -0.25) is 29.2 Å². The molecule has 1 amide bonds.